The second-order valence-corrected chi connectivity index (χ2v) is 8.47. The summed E-state index contributed by atoms with van der Waals surface area (Å²) in [5.74, 6) is 2.96. The molecule has 1 atom stereocenters. The molecule has 0 bridgehead atoms. The van der Waals surface area contributed by atoms with Crippen LogP contribution in [-0.2, 0) is 6.54 Å². The van der Waals surface area contributed by atoms with Gasteiger partial charge in [-0.05, 0) is 29.2 Å². The van der Waals surface area contributed by atoms with Crippen molar-refractivity contribution in [1.82, 2.24) is 9.55 Å². The number of hydrogen-bond acceptors (Lipinski definition) is 7. The molecule has 27 heavy (non-hydrogen) atoms. The highest BCUT2D eigenvalue weighted by Gasteiger charge is 2.36. The van der Waals surface area contributed by atoms with E-state index in [1.54, 1.807) is 4.57 Å². The zero-order valence-corrected chi connectivity index (χ0v) is 16.0. The molecule has 2 aliphatic heterocycles. The number of anilines is 1. The maximum atomic E-state index is 10.9. The zero-order chi connectivity index (χ0) is 18.9. The first-order chi connectivity index (χ1) is 13.0. The summed E-state index contributed by atoms with van der Waals surface area (Å²) in [7, 11) is 0. The Hall–Kier alpha value is -2.42. The summed E-state index contributed by atoms with van der Waals surface area (Å²) < 4.78 is 13.3. The number of ether oxygens (including phenoxy) is 2. The van der Waals surface area contributed by atoms with Crippen LogP contribution < -0.4 is 14.4 Å². The lowest BCUT2D eigenvalue weighted by Crippen LogP contribution is -2.40. The van der Waals surface area contributed by atoms with Gasteiger partial charge in [-0.2, -0.15) is 11.8 Å². The molecule has 8 nitrogen and oxygen atoms in total. The summed E-state index contributed by atoms with van der Waals surface area (Å²) in [5.41, 5.74) is 0.940. The Labute approximate surface area is 161 Å². The van der Waals surface area contributed by atoms with Crippen molar-refractivity contribution in [3.05, 3.63) is 40.6 Å². The van der Waals surface area contributed by atoms with Gasteiger partial charge in [0.05, 0.1) is 12.0 Å². The van der Waals surface area contributed by atoms with E-state index >= 15 is 0 Å². The number of nitro groups is 1. The number of benzene rings is 1. The van der Waals surface area contributed by atoms with Crippen molar-refractivity contribution in [2.24, 2.45) is 5.41 Å². The molecule has 0 radical (unpaired) electrons. The third-order valence-electron chi connectivity index (χ3n) is 4.82. The minimum atomic E-state index is -0.509. The molecule has 0 unspecified atom stereocenters. The van der Waals surface area contributed by atoms with Crippen LogP contribution in [-0.4, -0.2) is 52.3 Å². The van der Waals surface area contributed by atoms with Gasteiger partial charge in [0.15, 0.2) is 0 Å². The van der Waals surface area contributed by atoms with Crippen LogP contribution in [0.1, 0.15) is 6.92 Å². The molecule has 0 saturated carbocycles. The average molecular weight is 390 g/mol. The predicted molar refractivity (Wildman–Crippen MR) is 104 cm³/mol. The number of imidazole rings is 1. The van der Waals surface area contributed by atoms with Crippen LogP contribution in [0.2, 0.25) is 0 Å². The lowest BCUT2D eigenvalue weighted by Gasteiger charge is -2.32. The topological polar surface area (TPSA) is 82.7 Å². The van der Waals surface area contributed by atoms with Gasteiger partial charge >= 0.3 is 11.8 Å². The van der Waals surface area contributed by atoms with Crippen LogP contribution in [0.3, 0.4) is 0 Å². The number of fused-ring (bicyclic) bond motifs is 1. The molecule has 2 aromatic rings. The Morgan fingerprint density at radius 2 is 2.07 bits per heavy atom. The molecule has 9 heteroatoms. The lowest BCUT2D eigenvalue weighted by molar-refractivity contribution is -0.389. The highest BCUT2D eigenvalue weighted by Crippen LogP contribution is 2.32. The minimum absolute atomic E-state index is 0.193. The van der Waals surface area contributed by atoms with Crippen molar-refractivity contribution in [1.29, 1.82) is 0 Å². The van der Waals surface area contributed by atoms with Gasteiger partial charge < -0.3 is 24.5 Å². The van der Waals surface area contributed by atoms with E-state index in [1.807, 2.05) is 30.8 Å². The van der Waals surface area contributed by atoms with E-state index in [1.165, 1.54) is 23.4 Å². The molecule has 0 N–H and O–H groups in total. The molecule has 1 saturated heterocycles. The Bertz CT molecular complexity index is 819. The van der Waals surface area contributed by atoms with E-state index in [-0.39, 0.29) is 11.2 Å². The Balaban J connectivity index is 1.37. The smallest absolute Gasteiger partial charge is 0.414 e. The first-order valence-corrected chi connectivity index (χ1v) is 10.1. The van der Waals surface area contributed by atoms with Crippen molar-refractivity contribution < 1.29 is 14.4 Å². The molecule has 0 spiro atoms. The van der Waals surface area contributed by atoms with E-state index in [9.17, 15) is 10.1 Å². The first kappa shape index (κ1) is 18.0. The monoisotopic (exact) mass is 390 g/mol. The molecule has 144 valence electrons. The van der Waals surface area contributed by atoms with Gasteiger partial charge in [0, 0.05) is 41.8 Å². The molecule has 1 fully saturated rings. The number of nitrogens with zero attached hydrogens (tertiary/aromatic N) is 4. The van der Waals surface area contributed by atoms with Gasteiger partial charge in [0.25, 0.3) is 0 Å². The second-order valence-electron chi connectivity index (χ2n) is 7.25. The Morgan fingerprint density at radius 1 is 1.33 bits per heavy atom. The number of aromatic nitrogens is 2. The highest BCUT2D eigenvalue weighted by molar-refractivity contribution is 7.99. The van der Waals surface area contributed by atoms with Crippen molar-refractivity contribution in [3.63, 3.8) is 0 Å². The van der Waals surface area contributed by atoms with E-state index in [0.29, 0.717) is 25.8 Å². The van der Waals surface area contributed by atoms with Gasteiger partial charge in [-0.3, -0.25) is 4.57 Å². The third-order valence-corrected chi connectivity index (χ3v) is 5.76. The van der Waals surface area contributed by atoms with Crippen molar-refractivity contribution >= 4 is 23.3 Å². The lowest BCUT2D eigenvalue weighted by atomic mass is 9.92. The number of thioether (sulfide) groups is 1. The van der Waals surface area contributed by atoms with Crippen molar-refractivity contribution in [2.75, 3.05) is 42.7 Å². The van der Waals surface area contributed by atoms with Crippen LogP contribution in [0.25, 0.3) is 0 Å². The molecule has 3 heterocycles. The largest absolute Gasteiger partial charge is 0.493 e. The summed E-state index contributed by atoms with van der Waals surface area (Å²) in [4.78, 5) is 16.6. The van der Waals surface area contributed by atoms with Crippen molar-refractivity contribution in [3.8, 4) is 11.8 Å². The quantitative estimate of drug-likeness (QED) is 0.573. The first-order valence-electron chi connectivity index (χ1n) is 8.92. The van der Waals surface area contributed by atoms with Gasteiger partial charge in [0.2, 0.25) is 0 Å². The Morgan fingerprint density at radius 3 is 2.78 bits per heavy atom. The molecule has 2 aliphatic rings. The van der Waals surface area contributed by atoms with Gasteiger partial charge in [0.1, 0.15) is 18.6 Å². The van der Waals surface area contributed by atoms with Crippen molar-refractivity contribution in [2.45, 2.75) is 13.5 Å². The fourth-order valence-electron chi connectivity index (χ4n) is 3.32. The standard InChI is InChI=1S/C18H22N4O4S/c1-18(11-21-10-16(22(23)24)19-17(21)26-13-18)12-25-15-4-2-14(3-5-15)20-6-8-27-9-7-20/h2-5,10H,6-9,11-13H2,1H3/t18-/m1/s1. The summed E-state index contributed by atoms with van der Waals surface area (Å²) in [5, 5.41) is 10.9. The number of rotatable bonds is 5. The summed E-state index contributed by atoms with van der Waals surface area (Å²) in [6, 6.07) is 8.49. The predicted octanol–water partition coefficient (Wildman–Crippen LogP) is 2.82. The van der Waals surface area contributed by atoms with Gasteiger partial charge in [-0.25, -0.2) is 0 Å². The highest BCUT2D eigenvalue weighted by atomic mass is 32.2. The second kappa shape index (κ2) is 7.30. The third kappa shape index (κ3) is 3.97. The molecular weight excluding hydrogens is 368 g/mol. The SMILES string of the molecule is C[C@@]1(COc2ccc(N3CCSCC3)cc2)COc2nc([N+](=O)[O-])cn2C1. The van der Waals surface area contributed by atoms with Gasteiger partial charge in [-0.1, -0.05) is 6.92 Å². The van der Waals surface area contributed by atoms with Crippen LogP contribution in [0.5, 0.6) is 11.8 Å². The zero-order valence-electron chi connectivity index (χ0n) is 15.2. The Kier molecular flexibility index (Phi) is 4.86. The molecule has 1 aromatic heterocycles. The van der Waals surface area contributed by atoms with E-state index < -0.39 is 4.92 Å². The summed E-state index contributed by atoms with van der Waals surface area (Å²) in [6.07, 6.45) is 1.42. The summed E-state index contributed by atoms with van der Waals surface area (Å²) in [6.45, 7) is 5.64. The molecule has 1 aromatic carbocycles. The fourth-order valence-corrected chi connectivity index (χ4v) is 4.22. The molecule has 4 rings (SSSR count). The van der Waals surface area contributed by atoms with Gasteiger partial charge in [-0.15, -0.1) is 0 Å². The van der Waals surface area contributed by atoms with E-state index in [4.69, 9.17) is 9.47 Å². The van der Waals surface area contributed by atoms with Crippen LogP contribution in [0.4, 0.5) is 11.5 Å². The molecule has 0 aliphatic carbocycles. The average Bonchev–Trinajstić information content (AvgIpc) is 3.11. The van der Waals surface area contributed by atoms with E-state index in [0.717, 1.165) is 18.8 Å². The summed E-state index contributed by atoms with van der Waals surface area (Å²) >= 11 is 2.00. The van der Waals surface area contributed by atoms with E-state index in [2.05, 4.69) is 22.0 Å². The fraction of sp³-hybridized carbons (Fsp3) is 0.500. The number of hydrogen-bond donors (Lipinski definition) is 0. The normalized spacial score (nSPS) is 22.0. The van der Waals surface area contributed by atoms with Crippen LogP contribution in [0, 0.1) is 15.5 Å². The maximum absolute atomic E-state index is 10.9. The van der Waals surface area contributed by atoms with Crippen LogP contribution >= 0.6 is 11.8 Å². The minimum Gasteiger partial charge on any atom is -0.493 e. The van der Waals surface area contributed by atoms with Crippen LogP contribution in [0.15, 0.2) is 30.5 Å². The molecule has 0 amide bonds. The maximum Gasteiger partial charge on any atom is 0.414 e. The molecular formula is C18H22N4O4S.